The fourth-order valence-corrected chi connectivity index (χ4v) is 2.78. The lowest BCUT2D eigenvalue weighted by Crippen LogP contribution is -2.23. The lowest BCUT2D eigenvalue weighted by molar-refractivity contribution is 0.447. The Morgan fingerprint density at radius 3 is 2.89 bits per heavy atom. The summed E-state index contributed by atoms with van der Waals surface area (Å²) in [4.78, 5) is 16.7. The van der Waals surface area contributed by atoms with Crippen LogP contribution in [0.4, 0.5) is 5.69 Å². The van der Waals surface area contributed by atoms with Crippen molar-refractivity contribution < 1.29 is 0 Å². The molecule has 1 heterocycles. The Labute approximate surface area is 105 Å². The van der Waals surface area contributed by atoms with E-state index in [0.717, 1.165) is 12.1 Å². The van der Waals surface area contributed by atoms with Crippen LogP contribution < -0.4 is 11.3 Å². The molecule has 0 bridgehead atoms. The third kappa shape index (κ3) is 1.98. The molecule has 1 aromatic heterocycles. The average Bonchev–Trinajstić information content (AvgIpc) is 2.86. The van der Waals surface area contributed by atoms with Gasteiger partial charge in [-0.15, -0.1) is 0 Å². The Balaban J connectivity index is 2.02. The monoisotopic (exact) mass is 243 g/mol. The number of nitrogens with two attached hydrogens (primary N) is 1. The predicted octanol–water partition coefficient (Wildman–Crippen LogP) is 2.17. The minimum atomic E-state index is 0.0270. The second-order valence-corrected chi connectivity index (χ2v) is 5.13. The fourth-order valence-electron chi connectivity index (χ4n) is 2.78. The van der Waals surface area contributed by atoms with Gasteiger partial charge in [-0.1, -0.05) is 12.8 Å². The van der Waals surface area contributed by atoms with Gasteiger partial charge in [0.15, 0.2) is 0 Å². The maximum Gasteiger partial charge on any atom is 0.261 e. The Kier molecular flexibility index (Phi) is 2.78. The van der Waals surface area contributed by atoms with E-state index in [1.165, 1.54) is 25.7 Å². The Morgan fingerprint density at radius 2 is 2.11 bits per heavy atom. The van der Waals surface area contributed by atoms with Crippen LogP contribution in [0.2, 0.25) is 0 Å². The summed E-state index contributed by atoms with van der Waals surface area (Å²) in [6.07, 6.45) is 6.68. The minimum absolute atomic E-state index is 0.0270. The number of rotatable bonds is 2. The first-order valence-electron chi connectivity index (χ1n) is 6.49. The van der Waals surface area contributed by atoms with Crippen LogP contribution in [0.15, 0.2) is 29.3 Å². The molecule has 2 aromatic rings. The Hall–Kier alpha value is -1.84. The molecule has 0 radical (unpaired) electrons. The zero-order valence-corrected chi connectivity index (χ0v) is 10.3. The highest BCUT2D eigenvalue weighted by Crippen LogP contribution is 2.25. The summed E-state index contributed by atoms with van der Waals surface area (Å²) in [7, 11) is 0. The highest BCUT2D eigenvalue weighted by Gasteiger charge is 2.16. The van der Waals surface area contributed by atoms with Gasteiger partial charge >= 0.3 is 0 Å². The molecule has 94 valence electrons. The molecule has 0 unspecified atom stereocenters. The molecule has 1 aromatic carbocycles. The summed E-state index contributed by atoms with van der Waals surface area (Å²) in [6.45, 7) is 0.788. The number of benzene rings is 1. The molecule has 0 saturated heterocycles. The van der Waals surface area contributed by atoms with E-state index >= 15 is 0 Å². The highest BCUT2D eigenvalue weighted by molar-refractivity contribution is 5.80. The van der Waals surface area contributed by atoms with E-state index in [0.29, 0.717) is 17.0 Å². The van der Waals surface area contributed by atoms with E-state index < -0.39 is 0 Å². The summed E-state index contributed by atoms with van der Waals surface area (Å²) in [5.74, 6) is 0.628. The zero-order valence-electron chi connectivity index (χ0n) is 10.3. The van der Waals surface area contributed by atoms with E-state index in [9.17, 15) is 4.79 Å². The molecule has 4 heteroatoms. The van der Waals surface area contributed by atoms with Crippen LogP contribution in [0.25, 0.3) is 10.9 Å². The van der Waals surface area contributed by atoms with Crippen molar-refractivity contribution >= 4 is 16.6 Å². The first-order valence-corrected chi connectivity index (χ1v) is 6.49. The van der Waals surface area contributed by atoms with E-state index in [1.54, 1.807) is 29.1 Å². The van der Waals surface area contributed by atoms with Gasteiger partial charge < -0.3 is 5.73 Å². The summed E-state index contributed by atoms with van der Waals surface area (Å²) in [5, 5.41) is 0.621. The smallest absolute Gasteiger partial charge is 0.261 e. The third-order valence-electron chi connectivity index (χ3n) is 3.78. The summed E-state index contributed by atoms with van der Waals surface area (Å²) in [5.41, 5.74) is 7.09. The summed E-state index contributed by atoms with van der Waals surface area (Å²) >= 11 is 0. The van der Waals surface area contributed by atoms with Crippen molar-refractivity contribution in [2.24, 2.45) is 5.92 Å². The van der Waals surface area contributed by atoms with Gasteiger partial charge in [-0.3, -0.25) is 9.36 Å². The largest absolute Gasteiger partial charge is 0.399 e. The van der Waals surface area contributed by atoms with Crippen LogP contribution in [0.3, 0.4) is 0 Å². The van der Waals surface area contributed by atoms with Crippen LogP contribution in [-0.2, 0) is 6.54 Å². The topological polar surface area (TPSA) is 60.9 Å². The maximum absolute atomic E-state index is 12.3. The van der Waals surface area contributed by atoms with Crippen molar-refractivity contribution in [2.45, 2.75) is 32.2 Å². The molecular formula is C14H17N3O. The van der Waals surface area contributed by atoms with E-state index in [2.05, 4.69) is 4.98 Å². The molecule has 3 rings (SSSR count). The quantitative estimate of drug-likeness (QED) is 0.822. The molecule has 1 aliphatic carbocycles. The maximum atomic E-state index is 12.3. The van der Waals surface area contributed by atoms with Crippen molar-refractivity contribution in [3.05, 3.63) is 34.9 Å². The van der Waals surface area contributed by atoms with Crippen molar-refractivity contribution in [3.63, 3.8) is 0 Å². The number of anilines is 1. The van der Waals surface area contributed by atoms with E-state index in [-0.39, 0.29) is 5.56 Å². The predicted molar refractivity (Wildman–Crippen MR) is 72.4 cm³/mol. The van der Waals surface area contributed by atoms with Gasteiger partial charge in [0.1, 0.15) is 0 Å². The minimum Gasteiger partial charge on any atom is -0.399 e. The van der Waals surface area contributed by atoms with Gasteiger partial charge in [-0.25, -0.2) is 4.98 Å². The second kappa shape index (κ2) is 4.44. The van der Waals surface area contributed by atoms with Crippen LogP contribution in [0.1, 0.15) is 25.7 Å². The average molecular weight is 243 g/mol. The van der Waals surface area contributed by atoms with E-state index in [1.807, 2.05) is 0 Å². The van der Waals surface area contributed by atoms with Crippen LogP contribution in [-0.4, -0.2) is 9.55 Å². The zero-order chi connectivity index (χ0) is 12.5. The van der Waals surface area contributed by atoms with Crippen LogP contribution in [0.5, 0.6) is 0 Å². The van der Waals surface area contributed by atoms with Crippen LogP contribution >= 0.6 is 0 Å². The molecule has 1 saturated carbocycles. The lowest BCUT2D eigenvalue weighted by Gasteiger charge is -2.11. The van der Waals surface area contributed by atoms with Gasteiger partial charge in [-0.05, 0) is 37.0 Å². The molecule has 0 amide bonds. The lowest BCUT2D eigenvalue weighted by atomic mass is 10.1. The number of nitrogens with zero attached hydrogens (tertiary/aromatic N) is 2. The molecule has 0 spiro atoms. The van der Waals surface area contributed by atoms with Crippen molar-refractivity contribution in [2.75, 3.05) is 5.73 Å². The van der Waals surface area contributed by atoms with Gasteiger partial charge in [0.2, 0.25) is 0 Å². The molecule has 1 aliphatic rings. The molecular weight excluding hydrogens is 226 g/mol. The normalized spacial score (nSPS) is 16.4. The molecule has 1 fully saturated rings. The standard InChI is InChI=1S/C14H17N3O/c15-11-5-6-13-12(7-11)14(18)17(9-16-13)8-10-3-1-2-4-10/h5-7,9-10H,1-4,8,15H2. The third-order valence-corrected chi connectivity index (χ3v) is 3.78. The molecule has 0 atom stereocenters. The molecule has 2 N–H and O–H groups in total. The SMILES string of the molecule is Nc1ccc2ncn(CC3CCCC3)c(=O)c2c1. The van der Waals surface area contributed by atoms with Gasteiger partial charge in [-0.2, -0.15) is 0 Å². The van der Waals surface area contributed by atoms with Crippen molar-refractivity contribution in [1.82, 2.24) is 9.55 Å². The first-order chi connectivity index (χ1) is 8.74. The summed E-state index contributed by atoms with van der Waals surface area (Å²) < 4.78 is 1.73. The number of fused-ring (bicyclic) bond motifs is 1. The van der Waals surface area contributed by atoms with Gasteiger partial charge in [0.25, 0.3) is 5.56 Å². The Morgan fingerprint density at radius 1 is 1.33 bits per heavy atom. The van der Waals surface area contributed by atoms with Crippen molar-refractivity contribution in [3.8, 4) is 0 Å². The van der Waals surface area contributed by atoms with Gasteiger partial charge in [0.05, 0.1) is 17.2 Å². The first kappa shape index (κ1) is 11.3. The van der Waals surface area contributed by atoms with Gasteiger partial charge in [0, 0.05) is 12.2 Å². The molecule has 18 heavy (non-hydrogen) atoms. The second-order valence-electron chi connectivity index (χ2n) is 5.13. The summed E-state index contributed by atoms with van der Waals surface area (Å²) in [6, 6.07) is 5.29. The molecule has 4 nitrogen and oxygen atoms in total. The highest BCUT2D eigenvalue weighted by atomic mass is 16.1. The Bertz CT molecular complexity index is 626. The fraction of sp³-hybridized carbons (Fsp3) is 0.429. The number of hydrogen-bond donors (Lipinski definition) is 1. The number of hydrogen-bond acceptors (Lipinski definition) is 3. The van der Waals surface area contributed by atoms with E-state index in [4.69, 9.17) is 5.73 Å². The van der Waals surface area contributed by atoms with Crippen LogP contribution in [0, 0.1) is 5.92 Å². The number of nitrogen functional groups attached to an aromatic ring is 1. The molecule has 0 aliphatic heterocycles. The van der Waals surface area contributed by atoms with Crippen molar-refractivity contribution in [1.29, 1.82) is 0 Å². The number of aromatic nitrogens is 2.